The number of nitrogens with zero attached hydrogens (tertiary/aromatic N) is 3. The molecule has 0 fully saturated rings. The number of carbonyl (C=O) groups is 2. The molecule has 3 aromatic carbocycles. The van der Waals surface area contributed by atoms with Crippen LogP contribution in [-0.2, 0) is 4.79 Å². The van der Waals surface area contributed by atoms with Crippen LogP contribution < -0.4 is 16.2 Å². The van der Waals surface area contributed by atoms with Crippen LogP contribution in [0.1, 0.15) is 10.5 Å². The molecule has 0 atom stereocenters. The first-order chi connectivity index (χ1) is 16.5. The van der Waals surface area contributed by atoms with Crippen molar-refractivity contribution in [1.29, 1.82) is 0 Å². The van der Waals surface area contributed by atoms with Crippen LogP contribution in [0.3, 0.4) is 0 Å². The number of hydrogen-bond acceptors (Lipinski definition) is 6. The summed E-state index contributed by atoms with van der Waals surface area (Å²) in [5, 5.41) is 10.4. The van der Waals surface area contributed by atoms with Gasteiger partial charge < -0.3 is 10.6 Å². The fraction of sp³-hybridized carbons (Fsp3) is 0.0417. The van der Waals surface area contributed by atoms with Crippen molar-refractivity contribution in [2.45, 2.75) is 0 Å². The Morgan fingerprint density at radius 1 is 0.971 bits per heavy atom. The Labute approximate surface area is 195 Å². The quantitative estimate of drug-likeness (QED) is 0.406. The second-order valence-electron chi connectivity index (χ2n) is 7.31. The van der Waals surface area contributed by atoms with Crippen molar-refractivity contribution in [1.82, 2.24) is 20.1 Å². The molecule has 10 heteroatoms. The van der Waals surface area contributed by atoms with Gasteiger partial charge in [-0.25, -0.2) is 9.37 Å². The Bertz CT molecular complexity index is 1610. The maximum Gasteiger partial charge on any atom is 0.279 e. The lowest BCUT2D eigenvalue weighted by molar-refractivity contribution is -0.115. The van der Waals surface area contributed by atoms with Crippen molar-refractivity contribution in [3.05, 3.63) is 94.7 Å². The number of fused-ring (bicyclic) bond motifs is 2. The van der Waals surface area contributed by atoms with Gasteiger partial charge in [0.05, 0.1) is 27.8 Å². The highest BCUT2D eigenvalue weighted by molar-refractivity contribution is 7.22. The van der Waals surface area contributed by atoms with Gasteiger partial charge in [-0.2, -0.15) is 9.78 Å². The maximum atomic E-state index is 13.4. The number of thiazole rings is 1. The van der Waals surface area contributed by atoms with Gasteiger partial charge in [-0.15, -0.1) is 0 Å². The fourth-order valence-electron chi connectivity index (χ4n) is 3.46. The minimum atomic E-state index is -0.609. The van der Waals surface area contributed by atoms with Gasteiger partial charge in [-0.1, -0.05) is 47.7 Å². The molecule has 2 heterocycles. The number of aromatic nitrogens is 3. The molecule has 0 aliphatic rings. The lowest BCUT2D eigenvalue weighted by atomic mass is 10.1. The van der Waals surface area contributed by atoms with E-state index in [4.69, 9.17) is 0 Å². The topological polar surface area (TPSA) is 106 Å². The third kappa shape index (κ3) is 4.14. The molecule has 2 aromatic heterocycles. The molecule has 0 aliphatic heterocycles. The summed E-state index contributed by atoms with van der Waals surface area (Å²) in [6.07, 6.45) is 0. The van der Waals surface area contributed by atoms with Crippen LogP contribution in [0, 0.1) is 5.82 Å². The molecule has 8 nitrogen and oxygen atoms in total. The third-order valence-electron chi connectivity index (χ3n) is 5.03. The van der Waals surface area contributed by atoms with Gasteiger partial charge in [-0.05, 0) is 36.4 Å². The van der Waals surface area contributed by atoms with Gasteiger partial charge in [0.1, 0.15) is 5.82 Å². The number of para-hydroxylation sites is 1. The second kappa shape index (κ2) is 8.83. The molecule has 0 spiro atoms. The van der Waals surface area contributed by atoms with E-state index < -0.39 is 17.6 Å². The van der Waals surface area contributed by atoms with E-state index in [1.54, 1.807) is 48.5 Å². The Hall–Kier alpha value is -4.44. The summed E-state index contributed by atoms with van der Waals surface area (Å²) in [5.41, 5.74) is 0.729. The van der Waals surface area contributed by atoms with E-state index in [1.807, 2.05) is 6.07 Å². The number of amides is 2. The maximum absolute atomic E-state index is 13.4. The van der Waals surface area contributed by atoms with E-state index in [1.165, 1.54) is 18.2 Å². The normalized spacial score (nSPS) is 11.0. The van der Waals surface area contributed by atoms with Crippen LogP contribution in [-0.4, -0.2) is 33.1 Å². The van der Waals surface area contributed by atoms with Crippen molar-refractivity contribution >= 4 is 49.3 Å². The summed E-state index contributed by atoms with van der Waals surface area (Å²) in [7, 11) is 0. The van der Waals surface area contributed by atoms with Gasteiger partial charge in [-0.3, -0.25) is 14.4 Å². The molecule has 0 radical (unpaired) electrons. The molecule has 0 aliphatic carbocycles. The molecule has 5 rings (SSSR count). The van der Waals surface area contributed by atoms with E-state index in [-0.39, 0.29) is 17.8 Å². The van der Waals surface area contributed by atoms with E-state index in [0.29, 0.717) is 31.8 Å². The monoisotopic (exact) mass is 473 g/mol. The first-order valence-corrected chi connectivity index (χ1v) is 11.0. The standard InChI is InChI=1S/C24H16FN5O3S/c25-14-10-11-18-19(12-14)34-24(27-18)28-20(31)13-26-22(32)21-16-8-4-5-9-17(16)23(33)30(29-21)15-6-2-1-3-7-15/h1-12H,13H2,(H,26,32)(H,27,28,31). The van der Waals surface area contributed by atoms with Crippen LogP contribution in [0.25, 0.3) is 26.7 Å². The van der Waals surface area contributed by atoms with Crippen LogP contribution in [0.2, 0.25) is 0 Å². The average molecular weight is 473 g/mol. The van der Waals surface area contributed by atoms with E-state index in [9.17, 15) is 18.8 Å². The SMILES string of the molecule is O=C(CNC(=O)c1nn(-c2ccccc2)c(=O)c2ccccc12)Nc1nc2ccc(F)cc2s1. The van der Waals surface area contributed by atoms with Crippen LogP contribution >= 0.6 is 11.3 Å². The Kier molecular flexibility index (Phi) is 5.56. The van der Waals surface area contributed by atoms with Crippen LogP contribution in [0.4, 0.5) is 9.52 Å². The van der Waals surface area contributed by atoms with Gasteiger partial charge in [0, 0.05) is 5.39 Å². The van der Waals surface area contributed by atoms with Crippen molar-refractivity contribution < 1.29 is 14.0 Å². The minimum absolute atomic E-state index is 0.0160. The zero-order valence-corrected chi connectivity index (χ0v) is 18.3. The second-order valence-corrected chi connectivity index (χ2v) is 8.34. The van der Waals surface area contributed by atoms with Crippen LogP contribution in [0.15, 0.2) is 77.6 Å². The minimum Gasteiger partial charge on any atom is -0.342 e. The van der Waals surface area contributed by atoms with E-state index >= 15 is 0 Å². The molecule has 2 N–H and O–H groups in total. The van der Waals surface area contributed by atoms with Gasteiger partial charge in [0.2, 0.25) is 5.91 Å². The first kappa shape index (κ1) is 21.4. The van der Waals surface area contributed by atoms with E-state index in [0.717, 1.165) is 16.0 Å². The number of rotatable bonds is 5. The lowest BCUT2D eigenvalue weighted by Gasteiger charge is -2.11. The van der Waals surface area contributed by atoms with Crippen molar-refractivity contribution in [2.24, 2.45) is 0 Å². The highest BCUT2D eigenvalue weighted by Crippen LogP contribution is 2.26. The summed E-state index contributed by atoms with van der Waals surface area (Å²) in [4.78, 5) is 42.5. The number of benzene rings is 3. The first-order valence-electron chi connectivity index (χ1n) is 10.2. The Morgan fingerprint density at radius 2 is 1.71 bits per heavy atom. The molecular weight excluding hydrogens is 457 g/mol. The molecule has 0 saturated carbocycles. The van der Waals surface area contributed by atoms with Crippen molar-refractivity contribution in [3.63, 3.8) is 0 Å². The van der Waals surface area contributed by atoms with Crippen LogP contribution in [0.5, 0.6) is 0 Å². The van der Waals surface area contributed by atoms with Crippen molar-refractivity contribution in [2.75, 3.05) is 11.9 Å². The smallest absolute Gasteiger partial charge is 0.279 e. The lowest BCUT2D eigenvalue weighted by Crippen LogP contribution is -2.35. The molecule has 0 unspecified atom stereocenters. The average Bonchev–Trinajstić information content (AvgIpc) is 3.24. The zero-order valence-electron chi connectivity index (χ0n) is 17.5. The highest BCUT2D eigenvalue weighted by Gasteiger charge is 2.18. The van der Waals surface area contributed by atoms with Gasteiger partial charge in [0.15, 0.2) is 10.8 Å². The highest BCUT2D eigenvalue weighted by atomic mass is 32.1. The molecular formula is C24H16FN5O3S. The predicted molar refractivity (Wildman–Crippen MR) is 128 cm³/mol. The van der Waals surface area contributed by atoms with Gasteiger partial charge in [0.25, 0.3) is 11.5 Å². The van der Waals surface area contributed by atoms with E-state index in [2.05, 4.69) is 20.7 Å². The number of anilines is 1. The van der Waals surface area contributed by atoms with Gasteiger partial charge >= 0.3 is 0 Å². The summed E-state index contributed by atoms with van der Waals surface area (Å²) >= 11 is 1.13. The molecule has 5 aromatic rings. The number of carbonyl (C=O) groups excluding carboxylic acids is 2. The summed E-state index contributed by atoms with van der Waals surface area (Å²) in [6.45, 7) is -0.344. The summed E-state index contributed by atoms with van der Waals surface area (Å²) < 4.78 is 15.1. The summed E-state index contributed by atoms with van der Waals surface area (Å²) in [6, 6.07) is 19.6. The predicted octanol–water partition coefficient (Wildman–Crippen LogP) is 3.50. The number of hydrogen-bond donors (Lipinski definition) is 2. The molecule has 168 valence electrons. The molecule has 0 bridgehead atoms. The Morgan fingerprint density at radius 3 is 2.50 bits per heavy atom. The molecule has 2 amide bonds. The van der Waals surface area contributed by atoms with Crippen molar-refractivity contribution in [3.8, 4) is 5.69 Å². The molecule has 0 saturated heterocycles. The summed E-state index contributed by atoms with van der Waals surface area (Å²) in [5.74, 6) is -1.51. The zero-order chi connectivity index (χ0) is 23.7. The largest absolute Gasteiger partial charge is 0.342 e. The third-order valence-corrected chi connectivity index (χ3v) is 5.96. The molecule has 34 heavy (non-hydrogen) atoms. The Balaban J connectivity index is 1.38. The fourth-order valence-corrected chi connectivity index (χ4v) is 4.37. The number of nitrogens with one attached hydrogen (secondary N) is 2. The number of halogens is 1.